The van der Waals surface area contributed by atoms with E-state index in [0.29, 0.717) is 10.8 Å². The molecule has 0 amide bonds. The molecule has 0 aromatic carbocycles. The van der Waals surface area contributed by atoms with Crippen molar-refractivity contribution < 1.29 is 4.74 Å². The summed E-state index contributed by atoms with van der Waals surface area (Å²) >= 11 is 1.99. The maximum Gasteiger partial charge on any atom is 0.0615 e. The van der Waals surface area contributed by atoms with Crippen LogP contribution in [-0.2, 0) is 4.74 Å². The van der Waals surface area contributed by atoms with Crippen molar-refractivity contribution in [3.05, 3.63) is 0 Å². The van der Waals surface area contributed by atoms with E-state index in [1.54, 1.807) is 7.11 Å². The second-order valence-corrected chi connectivity index (χ2v) is 5.63. The van der Waals surface area contributed by atoms with Gasteiger partial charge in [0, 0.05) is 24.4 Å². The van der Waals surface area contributed by atoms with Gasteiger partial charge in [-0.1, -0.05) is 0 Å². The summed E-state index contributed by atoms with van der Waals surface area (Å²) < 4.78 is 5.75. The van der Waals surface area contributed by atoms with Crippen LogP contribution in [0.15, 0.2) is 0 Å². The topological polar surface area (TPSA) is 47.3 Å². The molecule has 0 spiro atoms. The first-order chi connectivity index (χ1) is 7.26. The van der Waals surface area contributed by atoms with Crippen LogP contribution in [0.5, 0.6) is 0 Å². The first kappa shape index (κ1) is 13.3. The third-order valence-corrected chi connectivity index (χ3v) is 4.50. The summed E-state index contributed by atoms with van der Waals surface area (Å²) in [5, 5.41) is 3.61. The van der Waals surface area contributed by atoms with Crippen LogP contribution in [0.3, 0.4) is 0 Å². The molecule has 0 saturated heterocycles. The molecule has 3 N–H and O–H groups in total. The lowest BCUT2D eigenvalue weighted by Gasteiger charge is -2.21. The zero-order chi connectivity index (χ0) is 11.1. The average molecular weight is 232 g/mol. The molecule has 1 saturated carbocycles. The SMILES string of the molecule is COCC(CCCN)NCC1(SC)CC1. The lowest BCUT2D eigenvalue weighted by atomic mass is 10.1. The van der Waals surface area contributed by atoms with E-state index in [1.165, 1.54) is 12.8 Å². The van der Waals surface area contributed by atoms with Crippen LogP contribution >= 0.6 is 11.8 Å². The molecule has 90 valence electrons. The van der Waals surface area contributed by atoms with Crippen molar-refractivity contribution in [1.82, 2.24) is 5.32 Å². The Hall–Kier alpha value is 0.230. The Morgan fingerprint density at radius 3 is 2.73 bits per heavy atom. The highest BCUT2D eigenvalue weighted by Gasteiger charge is 2.41. The third-order valence-electron chi connectivity index (χ3n) is 3.08. The lowest BCUT2D eigenvalue weighted by Crippen LogP contribution is -2.38. The van der Waals surface area contributed by atoms with Crippen molar-refractivity contribution in [2.45, 2.75) is 36.5 Å². The fraction of sp³-hybridized carbons (Fsp3) is 1.00. The van der Waals surface area contributed by atoms with E-state index < -0.39 is 0 Å². The molecule has 0 radical (unpaired) electrons. The molecule has 1 aliphatic rings. The standard InChI is InChI=1S/C11H24N2OS/c1-14-8-10(4-3-7-12)13-9-11(15-2)5-6-11/h10,13H,3-9,12H2,1-2H3. The number of ether oxygens (including phenoxy) is 1. The number of hydrogen-bond donors (Lipinski definition) is 2. The molecule has 1 rings (SSSR count). The third kappa shape index (κ3) is 4.72. The smallest absolute Gasteiger partial charge is 0.0615 e. The number of thioether (sulfide) groups is 1. The maximum absolute atomic E-state index is 5.52. The molecule has 0 bridgehead atoms. The van der Waals surface area contributed by atoms with Gasteiger partial charge in [0.25, 0.3) is 0 Å². The number of methoxy groups -OCH3 is 1. The Labute approximate surface area is 97.5 Å². The minimum Gasteiger partial charge on any atom is -0.383 e. The summed E-state index contributed by atoms with van der Waals surface area (Å²) in [6.45, 7) is 2.69. The van der Waals surface area contributed by atoms with Gasteiger partial charge in [-0.25, -0.2) is 0 Å². The predicted octanol–water partition coefficient (Wildman–Crippen LogP) is 1.23. The highest BCUT2D eigenvalue weighted by Crippen LogP contribution is 2.46. The van der Waals surface area contributed by atoms with Gasteiger partial charge in [-0.2, -0.15) is 11.8 Å². The Balaban J connectivity index is 2.18. The van der Waals surface area contributed by atoms with Gasteiger partial charge in [0.2, 0.25) is 0 Å². The van der Waals surface area contributed by atoms with Crippen LogP contribution in [0.1, 0.15) is 25.7 Å². The predicted molar refractivity (Wildman–Crippen MR) is 67.4 cm³/mol. The fourth-order valence-electron chi connectivity index (χ4n) is 1.73. The van der Waals surface area contributed by atoms with Gasteiger partial charge in [-0.15, -0.1) is 0 Å². The Kier molecular flexibility index (Phi) is 5.97. The van der Waals surface area contributed by atoms with E-state index >= 15 is 0 Å². The van der Waals surface area contributed by atoms with Crippen molar-refractivity contribution in [1.29, 1.82) is 0 Å². The van der Waals surface area contributed by atoms with Gasteiger partial charge in [-0.3, -0.25) is 0 Å². The molecule has 3 nitrogen and oxygen atoms in total. The van der Waals surface area contributed by atoms with Crippen LogP contribution in [0.25, 0.3) is 0 Å². The minimum absolute atomic E-state index is 0.475. The van der Waals surface area contributed by atoms with Crippen molar-refractivity contribution in [3.63, 3.8) is 0 Å². The molecule has 0 heterocycles. The highest BCUT2D eigenvalue weighted by molar-refractivity contribution is 8.00. The molecule has 1 unspecified atom stereocenters. The molecule has 4 heteroatoms. The van der Waals surface area contributed by atoms with E-state index in [4.69, 9.17) is 10.5 Å². The van der Waals surface area contributed by atoms with Crippen molar-refractivity contribution in [2.75, 3.05) is 33.1 Å². The number of rotatable bonds is 9. The average Bonchev–Trinajstić information content (AvgIpc) is 3.03. The van der Waals surface area contributed by atoms with Crippen LogP contribution in [0.4, 0.5) is 0 Å². The van der Waals surface area contributed by atoms with Gasteiger partial charge in [0.1, 0.15) is 0 Å². The van der Waals surface area contributed by atoms with Gasteiger partial charge in [0.05, 0.1) is 6.61 Å². The summed E-state index contributed by atoms with van der Waals surface area (Å²) in [4.78, 5) is 0. The highest BCUT2D eigenvalue weighted by atomic mass is 32.2. The maximum atomic E-state index is 5.52. The molecule has 1 fully saturated rings. The second-order valence-electron chi connectivity index (χ2n) is 4.35. The van der Waals surface area contributed by atoms with E-state index in [-0.39, 0.29) is 0 Å². The molecule has 1 aliphatic carbocycles. The van der Waals surface area contributed by atoms with E-state index in [1.807, 2.05) is 11.8 Å². The summed E-state index contributed by atoms with van der Waals surface area (Å²) in [7, 11) is 1.76. The van der Waals surface area contributed by atoms with Gasteiger partial charge >= 0.3 is 0 Å². The monoisotopic (exact) mass is 232 g/mol. The van der Waals surface area contributed by atoms with Crippen molar-refractivity contribution >= 4 is 11.8 Å². The van der Waals surface area contributed by atoms with E-state index in [2.05, 4.69) is 11.6 Å². The summed E-state index contributed by atoms with van der Waals surface area (Å²) in [6, 6.07) is 0.475. The molecular weight excluding hydrogens is 208 g/mol. The Morgan fingerprint density at radius 2 is 2.27 bits per heavy atom. The fourth-order valence-corrected chi connectivity index (χ4v) is 2.47. The zero-order valence-electron chi connectivity index (χ0n) is 9.92. The second kappa shape index (κ2) is 6.74. The quantitative estimate of drug-likeness (QED) is 0.628. The van der Waals surface area contributed by atoms with Gasteiger partial charge < -0.3 is 15.8 Å². The van der Waals surface area contributed by atoms with Crippen LogP contribution in [0.2, 0.25) is 0 Å². The van der Waals surface area contributed by atoms with Gasteiger partial charge in [0.15, 0.2) is 0 Å². The Morgan fingerprint density at radius 1 is 1.53 bits per heavy atom. The normalized spacial score (nSPS) is 20.2. The summed E-state index contributed by atoms with van der Waals surface area (Å²) in [6.07, 6.45) is 7.12. The van der Waals surface area contributed by atoms with Gasteiger partial charge in [-0.05, 0) is 38.5 Å². The first-order valence-corrected chi connectivity index (χ1v) is 6.96. The Bertz CT molecular complexity index is 174. The molecule has 0 aliphatic heterocycles. The number of nitrogens with two attached hydrogens (primary N) is 1. The van der Waals surface area contributed by atoms with E-state index in [9.17, 15) is 0 Å². The lowest BCUT2D eigenvalue weighted by molar-refractivity contribution is 0.161. The molecule has 1 atom stereocenters. The summed E-state index contributed by atoms with van der Waals surface area (Å²) in [5.74, 6) is 0. The molecular formula is C11H24N2OS. The number of nitrogens with one attached hydrogen (secondary N) is 1. The van der Waals surface area contributed by atoms with Crippen molar-refractivity contribution in [3.8, 4) is 0 Å². The number of hydrogen-bond acceptors (Lipinski definition) is 4. The first-order valence-electron chi connectivity index (χ1n) is 5.74. The van der Waals surface area contributed by atoms with Crippen LogP contribution in [0, 0.1) is 0 Å². The van der Waals surface area contributed by atoms with Crippen LogP contribution in [-0.4, -0.2) is 43.9 Å². The largest absolute Gasteiger partial charge is 0.383 e. The molecule has 15 heavy (non-hydrogen) atoms. The molecule has 0 aromatic heterocycles. The van der Waals surface area contributed by atoms with Crippen LogP contribution < -0.4 is 11.1 Å². The zero-order valence-corrected chi connectivity index (χ0v) is 10.7. The summed E-state index contributed by atoms with van der Waals surface area (Å²) in [5.41, 5.74) is 5.52. The van der Waals surface area contributed by atoms with E-state index in [0.717, 1.165) is 32.5 Å². The molecule has 0 aromatic rings. The van der Waals surface area contributed by atoms with Crippen molar-refractivity contribution in [2.24, 2.45) is 5.73 Å². The minimum atomic E-state index is 0.475.